The average molecular weight is 336 g/mol. The van der Waals surface area contributed by atoms with E-state index in [0.717, 1.165) is 23.7 Å². The summed E-state index contributed by atoms with van der Waals surface area (Å²) in [6.45, 7) is 7.23. The molecule has 1 fully saturated rings. The molecule has 3 rings (SSSR count). The standard InChI is InChI=1S/C24H33N/c1-17-9-10-18(2)24-21(16-19(3)23(24)15-17)8-6-7-20-11-13-22(14-12-20)25(4)5/h6-8,11-14,16-18,23-24H,9-10,15H2,1-5H3/b7-6+,21-8+. The summed E-state index contributed by atoms with van der Waals surface area (Å²) in [5.74, 6) is 3.16. The molecule has 1 aromatic rings. The maximum atomic E-state index is 2.46. The molecular formula is C24H33N. The number of allylic oxidation sites excluding steroid dienone is 5. The van der Waals surface area contributed by atoms with Gasteiger partial charge in [0, 0.05) is 19.8 Å². The largest absolute Gasteiger partial charge is 0.378 e. The van der Waals surface area contributed by atoms with Gasteiger partial charge in [-0.15, -0.1) is 0 Å². The third-order valence-corrected chi connectivity index (χ3v) is 6.17. The monoisotopic (exact) mass is 335 g/mol. The first-order chi connectivity index (χ1) is 12.0. The first-order valence-electron chi connectivity index (χ1n) is 9.79. The maximum absolute atomic E-state index is 2.46. The predicted molar refractivity (Wildman–Crippen MR) is 111 cm³/mol. The molecule has 0 aromatic heterocycles. The van der Waals surface area contributed by atoms with Gasteiger partial charge in [0.2, 0.25) is 0 Å². The molecule has 0 bridgehead atoms. The first kappa shape index (κ1) is 18.0. The summed E-state index contributed by atoms with van der Waals surface area (Å²) in [7, 11) is 4.16. The zero-order valence-corrected chi connectivity index (χ0v) is 16.5. The molecule has 4 unspecified atom stereocenters. The smallest absolute Gasteiger partial charge is 0.0361 e. The Kier molecular flexibility index (Phi) is 5.51. The van der Waals surface area contributed by atoms with E-state index in [-0.39, 0.29) is 0 Å². The molecule has 0 amide bonds. The number of benzene rings is 1. The first-order valence-corrected chi connectivity index (χ1v) is 9.79. The number of rotatable bonds is 3. The average Bonchev–Trinajstić information content (AvgIpc) is 2.79. The van der Waals surface area contributed by atoms with Gasteiger partial charge in [-0.1, -0.05) is 62.3 Å². The van der Waals surface area contributed by atoms with Crippen molar-refractivity contribution in [3.63, 3.8) is 0 Å². The minimum Gasteiger partial charge on any atom is -0.378 e. The van der Waals surface area contributed by atoms with Crippen LogP contribution in [0.3, 0.4) is 0 Å². The lowest BCUT2D eigenvalue weighted by Crippen LogP contribution is -2.18. The van der Waals surface area contributed by atoms with Crippen molar-refractivity contribution in [3.05, 3.63) is 59.2 Å². The summed E-state index contributed by atoms with van der Waals surface area (Å²) in [6.07, 6.45) is 13.4. The Morgan fingerprint density at radius 3 is 2.44 bits per heavy atom. The predicted octanol–water partition coefficient (Wildman–Crippen LogP) is 6.34. The van der Waals surface area contributed by atoms with Crippen LogP contribution in [-0.4, -0.2) is 14.1 Å². The molecule has 134 valence electrons. The molecule has 0 saturated heterocycles. The number of hydrogen-bond donors (Lipinski definition) is 0. The second-order valence-corrected chi connectivity index (χ2v) is 8.43. The van der Waals surface area contributed by atoms with Gasteiger partial charge < -0.3 is 4.90 Å². The van der Waals surface area contributed by atoms with Gasteiger partial charge in [-0.25, -0.2) is 0 Å². The summed E-state index contributed by atoms with van der Waals surface area (Å²) in [5, 5.41) is 0. The molecule has 25 heavy (non-hydrogen) atoms. The van der Waals surface area contributed by atoms with Crippen LogP contribution >= 0.6 is 0 Å². The van der Waals surface area contributed by atoms with E-state index in [1.54, 1.807) is 11.1 Å². The quantitative estimate of drug-likeness (QED) is 0.623. The minimum absolute atomic E-state index is 0.728. The molecule has 2 aliphatic rings. The zero-order valence-electron chi connectivity index (χ0n) is 16.5. The van der Waals surface area contributed by atoms with Crippen molar-refractivity contribution in [2.24, 2.45) is 23.7 Å². The van der Waals surface area contributed by atoms with E-state index < -0.39 is 0 Å². The Bertz CT molecular complexity index is 675. The van der Waals surface area contributed by atoms with E-state index in [1.165, 1.54) is 30.5 Å². The van der Waals surface area contributed by atoms with Crippen molar-refractivity contribution in [2.75, 3.05) is 19.0 Å². The lowest BCUT2D eigenvalue weighted by Gasteiger charge is -2.25. The summed E-state index contributed by atoms with van der Waals surface area (Å²) >= 11 is 0. The normalized spacial score (nSPS) is 31.1. The number of nitrogens with zero attached hydrogens (tertiary/aromatic N) is 1. The fourth-order valence-corrected chi connectivity index (χ4v) is 4.63. The van der Waals surface area contributed by atoms with Gasteiger partial charge in [-0.3, -0.25) is 0 Å². The van der Waals surface area contributed by atoms with Crippen molar-refractivity contribution in [1.29, 1.82) is 0 Å². The van der Waals surface area contributed by atoms with Gasteiger partial charge >= 0.3 is 0 Å². The summed E-state index contributed by atoms with van der Waals surface area (Å²) < 4.78 is 0. The van der Waals surface area contributed by atoms with Gasteiger partial charge in [-0.2, -0.15) is 0 Å². The van der Waals surface area contributed by atoms with Gasteiger partial charge in [0.05, 0.1) is 0 Å². The van der Waals surface area contributed by atoms with Crippen molar-refractivity contribution >= 4 is 11.8 Å². The second-order valence-electron chi connectivity index (χ2n) is 8.43. The van der Waals surface area contributed by atoms with E-state index in [4.69, 9.17) is 0 Å². The van der Waals surface area contributed by atoms with Crippen LogP contribution < -0.4 is 4.90 Å². The van der Waals surface area contributed by atoms with Crippen molar-refractivity contribution in [3.8, 4) is 0 Å². The molecule has 0 N–H and O–H groups in total. The fourth-order valence-electron chi connectivity index (χ4n) is 4.63. The molecule has 0 heterocycles. The number of anilines is 1. The van der Waals surface area contributed by atoms with E-state index in [9.17, 15) is 0 Å². The minimum atomic E-state index is 0.728. The van der Waals surface area contributed by atoms with Crippen LogP contribution in [0.15, 0.2) is 53.6 Å². The Balaban J connectivity index is 1.76. The highest BCUT2D eigenvalue weighted by Gasteiger charge is 2.37. The van der Waals surface area contributed by atoms with Crippen molar-refractivity contribution in [2.45, 2.75) is 40.0 Å². The van der Waals surface area contributed by atoms with Gasteiger partial charge in [0.25, 0.3) is 0 Å². The van der Waals surface area contributed by atoms with Gasteiger partial charge in [-0.05, 0) is 66.7 Å². The molecule has 2 aliphatic carbocycles. The topological polar surface area (TPSA) is 3.24 Å². The van der Waals surface area contributed by atoms with Crippen LogP contribution in [0.2, 0.25) is 0 Å². The lowest BCUT2D eigenvalue weighted by atomic mass is 9.79. The molecule has 0 aliphatic heterocycles. The summed E-state index contributed by atoms with van der Waals surface area (Å²) in [5.41, 5.74) is 5.65. The van der Waals surface area contributed by atoms with E-state index >= 15 is 0 Å². The molecule has 0 spiro atoms. The van der Waals surface area contributed by atoms with Gasteiger partial charge in [0.1, 0.15) is 0 Å². The third kappa shape index (κ3) is 4.08. The highest BCUT2D eigenvalue weighted by atomic mass is 15.1. The van der Waals surface area contributed by atoms with Crippen molar-refractivity contribution < 1.29 is 0 Å². The molecule has 0 radical (unpaired) electrons. The highest BCUT2D eigenvalue weighted by molar-refractivity contribution is 5.57. The third-order valence-electron chi connectivity index (χ3n) is 6.17. The van der Waals surface area contributed by atoms with Crippen LogP contribution in [0, 0.1) is 23.7 Å². The van der Waals surface area contributed by atoms with Crippen LogP contribution in [0.1, 0.15) is 45.6 Å². The second kappa shape index (κ2) is 7.64. The summed E-state index contributed by atoms with van der Waals surface area (Å²) in [4.78, 5) is 2.14. The number of fused-ring (bicyclic) bond motifs is 1. The SMILES string of the molecule is CC1=C/C(=C\C=C\c2ccc(N(C)C)cc2)C2C(C)CCC(C)CC12. The van der Waals surface area contributed by atoms with Crippen molar-refractivity contribution in [1.82, 2.24) is 0 Å². The maximum Gasteiger partial charge on any atom is 0.0361 e. The lowest BCUT2D eigenvalue weighted by molar-refractivity contribution is 0.333. The zero-order chi connectivity index (χ0) is 18.0. The Labute approximate surface area is 154 Å². The Morgan fingerprint density at radius 2 is 1.76 bits per heavy atom. The molecule has 1 aromatic carbocycles. The molecule has 1 heteroatoms. The van der Waals surface area contributed by atoms with Gasteiger partial charge in [0.15, 0.2) is 0 Å². The highest BCUT2D eigenvalue weighted by Crippen LogP contribution is 2.48. The van der Waals surface area contributed by atoms with E-state index in [2.05, 4.69) is 88.3 Å². The van der Waals surface area contributed by atoms with Crippen LogP contribution in [0.25, 0.3) is 6.08 Å². The fraction of sp³-hybridized carbons (Fsp3) is 0.500. The number of hydrogen-bond acceptors (Lipinski definition) is 1. The molecule has 1 nitrogen and oxygen atoms in total. The van der Waals surface area contributed by atoms with Crippen LogP contribution in [0.5, 0.6) is 0 Å². The summed E-state index contributed by atoms with van der Waals surface area (Å²) in [6, 6.07) is 8.74. The van der Waals surface area contributed by atoms with E-state index in [0.29, 0.717) is 0 Å². The van der Waals surface area contributed by atoms with Crippen LogP contribution in [0.4, 0.5) is 5.69 Å². The molecular weight excluding hydrogens is 302 g/mol. The Hall–Kier alpha value is -1.76. The Morgan fingerprint density at radius 1 is 1.04 bits per heavy atom. The van der Waals surface area contributed by atoms with Crippen LogP contribution in [-0.2, 0) is 0 Å². The molecule has 4 atom stereocenters. The molecule has 1 saturated carbocycles. The van der Waals surface area contributed by atoms with E-state index in [1.807, 2.05) is 0 Å².